The fourth-order valence-corrected chi connectivity index (χ4v) is 3.41. The van der Waals surface area contributed by atoms with Gasteiger partial charge in [0.05, 0.1) is 39.1 Å². The summed E-state index contributed by atoms with van der Waals surface area (Å²) < 4.78 is 17.2. The molecular weight excluding hydrogens is 400 g/mol. The van der Waals surface area contributed by atoms with Gasteiger partial charge >= 0.3 is 0 Å². The highest BCUT2D eigenvalue weighted by atomic mass is 16.5. The van der Waals surface area contributed by atoms with Gasteiger partial charge < -0.3 is 24.8 Å². The first-order valence-electron chi connectivity index (χ1n) is 9.59. The maximum atomic E-state index is 13.1. The van der Waals surface area contributed by atoms with Gasteiger partial charge in [0.25, 0.3) is 0 Å². The van der Waals surface area contributed by atoms with Crippen molar-refractivity contribution in [2.45, 2.75) is 12.5 Å². The van der Waals surface area contributed by atoms with Crippen molar-refractivity contribution in [3.05, 3.63) is 48.5 Å². The molecule has 2 aromatic carbocycles. The second kappa shape index (κ2) is 8.39. The van der Waals surface area contributed by atoms with Gasteiger partial charge in [-0.05, 0) is 36.4 Å². The molecule has 1 atom stereocenters. The summed E-state index contributed by atoms with van der Waals surface area (Å²) in [6, 6.07) is 13.4. The summed E-state index contributed by atoms with van der Waals surface area (Å²) in [5, 5.41) is 10.2. The Morgan fingerprint density at radius 2 is 1.74 bits per heavy atom. The molecule has 9 nitrogen and oxygen atoms in total. The highest BCUT2D eigenvalue weighted by molar-refractivity contribution is 6.02. The zero-order valence-electron chi connectivity index (χ0n) is 17.3. The Hall–Kier alpha value is -4.01. The molecule has 0 unspecified atom stereocenters. The quantitative estimate of drug-likeness (QED) is 0.633. The van der Waals surface area contributed by atoms with Crippen molar-refractivity contribution in [3.8, 4) is 28.5 Å². The lowest BCUT2D eigenvalue weighted by atomic mass is 10.1. The second-order valence-corrected chi connectivity index (χ2v) is 6.91. The van der Waals surface area contributed by atoms with Crippen molar-refractivity contribution in [3.63, 3.8) is 0 Å². The number of carbonyl (C=O) groups is 2. The van der Waals surface area contributed by atoms with Crippen LogP contribution in [0.15, 0.2) is 48.5 Å². The molecule has 0 spiro atoms. The summed E-state index contributed by atoms with van der Waals surface area (Å²) in [6.07, 6.45) is -0.0267. The summed E-state index contributed by atoms with van der Waals surface area (Å²) >= 11 is 0. The molecule has 1 aromatic heterocycles. The highest BCUT2D eigenvalue weighted by Gasteiger charge is 2.32. The van der Waals surface area contributed by atoms with Crippen LogP contribution < -0.4 is 24.8 Å². The number of benzene rings is 2. The first-order valence-corrected chi connectivity index (χ1v) is 9.59. The van der Waals surface area contributed by atoms with Gasteiger partial charge in [-0.3, -0.25) is 9.59 Å². The SMILES string of the molecule is COc1ccc(-c2cc3n(n2)[C@@H](C(=O)Nc2ccc(OC)cc2OC)CC(=O)N3)cc1. The Morgan fingerprint density at radius 1 is 1.03 bits per heavy atom. The van der Waals surface area contributed by atoms with Crippen molar-refractivity contribution in [1.29, 1.82) is 0 Å². The molecule has 0 saturated heterocycles. The number of aromatic nitrogens is 2. The van der Waals surface area contributed by atoms with E-state index in [2.05, 4.69) is 15.7 Å². The van der Waals surface area contributed by atoms with Crippen LogP contribution in [-0.4, -0.2) is 42.9 Å². The number of amides is 2. The summed E-state index contributed by atoms with van der Waals surface area (Å²) in [7, 11) is 4.65. The normalized spacial score (nSPS) is 14.9. The number of fused-ring (bicyclic) bond motifs is 1. The Labute approximate surface area is 178 Å². The first kappa shape index (κ1) is 20.3. The maximum Gasteiger partial charge on any atom is 0.249 e. The Balaban J connectivity index is 1.62. The molecule has 160 valence electrons. The molecule has 0 bridgehead atoms. The zero-order chi connectivity index (χ0) is 22.0. The number of hydrogen-bond acceptors (Lipinski definition) is 6. The van der Waals surface area contributed by atoms with Gasteiger partial charge in [0.15, 0.2) is 0 Å². The van der Waals surface area contributed by atoms with Crippen LogP contribution in [-0.2, 0) is 9.59 Å². The fraction of sp³-hybridized carbons (Fsp3) is 0.227. The van der Waals surface area contributed by atoms with Crippen LogP contribution in [0.2, 0.25) is 0 Å². The van der Waals surface area contributed by atoms with E-state index in [1.165, 1.54) is 11.8 Å². The second-order valence-electron chi connectivity index (χ2n) is 6.91. The summed E-state index contributed by atoms with van der Waals surface area (Å²) in [5.74, 6) is 1.62. The zero-order valence-corrected chi connectivity index (χ0v) is 17.3. The highest BCUT2D eigenvalue weighted by Crippen LogP contribution is 2.33. The molecule has 2 amide bonds. The van der Waals surface area contributed by atoms with Gasteiger partial charge in [0.2, 0.25) is 11.8 Å². The largest absolute Gasteiger partial charge is 0.497 e. The molecule has 2 N–H and O–H groups in total. The third kappa shape index (κ3) is 4.02. The summed E-state index contributed by atoms with van der Waals surface area (Å²) in [6.45, 7) is 0. The average Bonchev–Trinajstić information content (AvgIpc) is 3.22. The van der Waals surface area contributed by atoms with Gasteiger partial charge in [0, 0.05) is 17.7 Å². The standard InChI is InChI=1S/C22H22N4O5/c1-29-14-6-4-13(5-7-14)17-11-20-24-21(27)12-18(26(20)25-17)22(28)23-16-9-8-15(30-2)10-19(16)31-3/h4-11,18H,12H2,1-3H3,(H,23,28)(H,24,27)/t18-/m1/s1. The molecule has 9 heteroatoms. The smallest absolute Gasteiger partial charge is 0.249 e. The molecule has 0 fully saturated rings. The number of carbonyl (C=O) groups excluding carboxylic acids is 2. The fourth-order valence-electron chi connectivity index (χ4n) is 3.41. The van der Waals surface area contributed by atoms with Gasteiger partial charge in [-0.1, -0.05) is 0 Å². The van der Waals surface area contributed by atoms with Crippen LogP contribution in [0.5, 0.6) is 17.2 Å². The summed E-state index contributed by atoms with van der Waals surface area (Å²) in [5.41, 5.74) is 1.95. The van der Waals surface area contributed by atoms with Crippen LogP contribution >= 0.6 is 0 Å². The van der Waals surface area contributed by atoms with Crippen molar-refractivity contribution < 1.29 is 23.8 Å². The molecule has 0 aliphatic carbocycles. The van der Waals surface area contributed by atoms with Gasteiger partial charge in [0.1, 0.15) is 29.1 Å². The molecule has 0 saturated carbocycles. The van der Waals surface area contributed by atoms with Crippen molar-refractivity contribution in [2.24, 2.45) is 0 Å². The topological polar surface area (TPSA) is 104 Å². The van der Waals surface area contributed by atoms with E-state index in [0.717, 1.165) is 11.3 Å². The van der Waals surface area contributed by atoms with E-state index in [-0.39, 0.29) is 18.2 Å². The first-order chi connectivity index (χ1) is 15.0. The van der Waals surface area contributed by atoms with Gasteiger partial charge in [-0.15, -0.1) is 0 Å². The Kier molecular flexibility index (Phi) is 5.48. The van der Waals surface area contributed by atoms with E-state index >= 15 is 0 Å². The Morgan fingerprint density at radius 3 is 2.42 bits per heavy atom. The lowest BCUT2D eigenvalue weighted by molar-refractivity contribution is -0.125. The number of hydrogen-bond donors (Lipinski definition) is 2. The van der Waals surface area contributed by atoms with Crippen LogP contribution in [0.25, 0.3) is 11.3 Å². The van der Waals surface area contributed by atoms with E-state index in [1.807, 2.05) is 24.3 Å². The molecule has 4 rings (SSSR count). The van der Waals surface area contributed by atoms with Crippen LogP contribution in [0.1, 0.15) is 12.5 Å². The summed E-state index contributed by atoms with van der Waals surface area (Å²) in [4.78, 5) is 25.3. The van der Waals surface area contributed by atoms with Gasteiger partial charge in [-0.2, -0.15) is 5.10 Å². The van der Waals surface area contributed by atoms with E-state index in [0.29, 0.717) is 28.7 Å². The minimum absolute atomic E-state index is 0.0267. The number of rotatable bonds is 6. The van der Waals surface area contributed by atoms with Crippen molar-refractivity contribution >= 4 is 23.3 Å². The Bertz CT molecular complexity index is 1120. The lowest BCUT2D eigenvalue weighted by Gasteiger charge is -2.24. The number of nitrogens with zero attached hydrogens (tertiary/aromatic N) is 2. The predicted molar refractivity (Wildman–Crippen MR) is 115 cm³/mol. The minimum atomic E-state index is -0.803. The third-order valence-corrected chi connectivity index (χ3v) is 5.03. The van der Waals surface area contributed by atoms with Crippen LogP contribution in [0, 0.1) is 0 Å². The monoisotopic (exact) mass is 422 g/mol. The number of anilines is 2. The predicted octanol–water partition coefficient (Wildman–Crippen LogP) is 3.10. The van der Waals surface area contributed by atoms with Gasteiger partial charge in [-0.25, -0.2) is 4.68 Å². The lowest BCUT2D eigenvalue weighted by Crippen LogP contribution is -2.35. The molecule has 1 aliphatic rings. The molecule has 0 radical (unpaired) electrons. The molecule has 31 heavy (non-hydrogen) atoms. The minimum Gasteiger partial charge on any atom is -0.497 e. The maximum absolute atomic E-state index is 13.1. The molecule has 2 heterocycles. The number of nitrogens with one attached hydrogen (secondary N) is 2. The van der Waals surface area contributed by atoms with E-state index in [4.69, 9.17) is 14.2 Å². The number of methoxy groups -OCH3 is 3. The van der Waals surface area contributed by atoms with Crippen LogP contribution in [0.4, 0.5) is 11.5 Å². The van der Waals surface area contributed by atoms with E-state index < -0.39 is 6.04 Å². The van der Waals surface area contributed by atoms with Crippen molar-refractivity contribution in [1.82, 2.24) is 9.78 Å². The van der Waals surface area contributed by atoms with E-state index in [1.54, 1.807) is 38.5 Å². The van der Waals surface area contributed by atoms with Crippen molar-refractivity contribution in [2.75, 3.05) is 32.0 Å². The molecule has 3 aromatic rings. The van der Waals surface area contributed by atoms with E-state index in [9.17, 15) is 9.59 Å². The third-order valence-electron chi connectivity index (χ3n) is 5.03. The average molecular weight is 422 g/mol. The number of ether oxygens (including phenoxy) is 3. The molecular formula is C22H22N4O5. The molecule has 1 aliphatic heterocycles. The van der Waals surface area contributed by atoms with Crippen LogP contribution in [0.3, 0.4) is 0 Å².